The average molecular weight is 452 g/mol. The molecule has 1 saturated heterocycles. The summed E-state index contributed by atoms with van der Waals surface area (Å²) in [4.78, 5) is 33.4. The second-order valence-corrected chi connectivity index (χ2v) is 8.38. The number of anilines is 2. The van der Waals surface area contributed by atoms with Crippen molar-refractivity contribution in [2.45, 2.75) is 6.42 Å². The zero-order valence-corrected chi connectivity index (χ0v) is 17.8. The first-order chi connectivity index (χ1) is 15.6. The molecule has 0 atom stereocenters. The van der Waals surface area contributed by atoms with E-state index in [-0.39, 0.29) is 16.7 Å². The van der Waals surface area contributed by atoms with Gasteiger partial charge in [-0.1, -0.05) is 23.5 Å². The first-order valence-corrected chi connectivity index (χ1v) is 10.9. The minimum Gasteiger partial charge on any atom is -0.494 e. The van der Waals surface area contributed by atoms with E-state index in [1.165, 1.54) is 0 Å². The van der Waals surface area contributed by atoms with Gasteiger partial charge in [0.2, 0.25) is 5.88 Å². The normalized spacial score (nSPS) is 14.1. The van der Waals surface area contributed by atoms with Crippen molar-refractivity contribution in [2.24, 2.45) is 0 Å². The molecule has 1 aliphatic heterocycles. The van der Waals surface area contributed by atoms with Gasteiger partial charge in [-0.25, -0.2) is 4.98 Å². The van der Waals surface area contributed by atoms with E-state index < -0.39 is 0 Å². The molecule has 4 heterocycles. The summed E-state index contributed by atoms with van der Waals surface area (Å²) in [6, 6.07) is 10.6. The SMILES string of the molecule is O=C(Nc1cc(N2CCOCC2)n2nccc2n1)c1ccc(Cc2sc(=O)[nH]c2O)cc1. The molecule has 1 aromatic carbocycles. The highest BCUT2D eigenvalue weighted by molar-refractivity contribution is 7.09. The van der Waals surface area contributed by atoms with Gasteiger partial charge in [0.25, 0.3) is 5.91 Å². The zero-order valence-electron chi connectivity index (χ0n) is 16.9. The van der Waals surface area contributed by atoms with E-state index in [0.29, 0.717) is 41.5 Å². The predicted octanol–water partition coefficient (Wildman–Crippen LogP) is 1.86. The van der Waals surface area contributed by atoms with Crippen molar-refractivity contribution in [2.75, 3.05) is 36.5 Å². The fourth-order valence-corrected chi connectivity index (χ4v) is 4.36. The Kier molecular flexibility index (Phi) is 5.33. The monoisotopic (exact) mass is 452 g/mol. The maximum atomic E-state index is 12.8. The van der Waals surface area contributed by atoms with E-state index in [2.05, 4.69) is 25.3 Å². The molecule has 0 radical (unpaired) electrons. The van der Waals surface area contributed by atoms with Gasteiger partial charge in [0.1, 0.15) is 11.6 Å². The lowest BCUT2D eigenvalue weighted by molar-refractivity contribution is 0.102. The number of rotatable bonds is 5. The maximum absolute atomic E-state index is 12.8. The van der Waals surface area contributed by atoms with Crippen LogP contribution in [0.25, 0.3) is 5.65 Å². The molecule has 1 amide bonds. The highest BCUT2D eigenvalue weighted by Crippen LogP contribution is 2.23. The standard InChI is InChI=1S/C21H20N6O4S/c28-19(14-3-1-13(2-4-14)11-15-20(29)25-21(30)32-15)24-16-12-18(26-7-9-31-10-8-26)27-17(23-16)5-6-22-27/h1-6,12,29H,7-11H2,(H,25,30)(H,23,24,28). The molecule has 0 saturated carbocycles. The summed E-state index contributed by atoms with van der Waals surface area (Å²) >= 11 is 0.969. The second kappa shape index (κ2) is 8.44. The van der Waals surface area contributed by atoms with Gasteiger partial charge in [0.15, 0.2) is 5.65 Å². The first-order valence-electron chi connectivity index (χ1n) is 10.1. The number of carbonyl (C=O) groups is 1. The van der Waals surface area contributed by atoms with E-state index in [1.807, 2.05) is 6.07 Å². The van der Waals surface area contributed by atoms with Crippen molar-refractivity contribution in [3.05, 3.63) is 68.3 Å². The smallest absolute Gasteiger partial charge is 0.307 e. The summed E-state index contributed by atoms with van der Waals surface area (Å²) in [5, 5.41) is 17.0. The van der Waals surface area contributed by atoms with Crippen LogP contribution < -0.4 is 15.1 Å². The summed E-state index contributed by atoms with van der Waals surface area (Å²) in [5.74, 6) is 0.893. The van der Waals surface area contributed by atoms with E-state index in [1.54, 1.807) is 41.0 Å². The van der Waals surface area contributed by atoms with Crippen LogP contribution in [-0.4, -0.2) is 56.9 Å². The van der Waals surface area contributed by atoms with Gasteiger partial charge >= 0.3 is 4.87 Å². The molecule has 5 rings (SSSR count). The Labute approximate surface area is 186 Å². The Bertz CT molecular complexity index is 1320. The van der Waals surface area contributed by atoms with Gasteiger partial charge in [0, 0.05) is 37.2 Å². The van der Waals surface area contributed by atoms with E-state index in [9.17, 15) is 14.7 Å². The molecule has 164 valence electrons. The highest BCUT2D eigenvalue weighted by atomic mass is 32.1. The summed E-state index contributed by atoms with van der Waals surface area (Å²) in [6.07, 6.45) is 2.08. The third-order valence-corrected chi connectivity index (χ3v) is 6.07. The third-order valence-electron chi connectivity index (χ3n) is 5.20. The van der Waals surface area contributed by atoms with Crippen molar-refractivity contribution in [3.63, 3.8) is 0 Å². The Morgan fingerprint density at radius 2 is 2.00 bits per heavy atom. The number of aromatic amines is 1. The number of aromatic nitrogens is 4. The van der Waals surface area contributed by atoms with Crippen molar-refractivity contribution in [1.82, 2.24) is 19.6 Å². The minimum absolute atomic E-state index is 0.112. The van der Waals surface area contributed by atoms with E-state index in [0.717, 1.165) is 35.8 Å². The molecular formula is C21H20N6O4S. The fourth-order valence-electron chi connectivity index (χ4n) is 3.60. The maximum Gasteiger partial charge on any atom is 0.307 e. The summed E-state index contributed by atoms with van der Waals surface area (Å²) < 4.78 is 7.19. The van der Waals surface area contributed by atoms with Crippen molar-refractivity contribution in [3.8, 4) is 5.88 Å². The quantitative estimate of drug-likeness (QED) is 0.422. The number of amides is 1. The van der Waals surface area contributed by atoms with Crippen LogP contribution in [0.1, 0.15) is 20.8 Å². The number of morpholine rings is 1. The topological polar surface area (TPSA) is 125 Å². The fraction of sp³-hybridized carbons (Fsp3) is 0.238. The summed E-state index contributed by atoms with van der Waals surface area (Å²) in [5.41, 5.74) is 1.99. The van der Waals surface area contributed by atoms with Gasteiger partial charge in [-0.05, 0) is 17.7 Å². The number of hydrogen-bond acceptors (Lipinski definition) is 8. The number of H-pyrrole nitrogens is 1. The Balaban J connectivity index is 1.34. The van der Waals surface area contributed by atoms with E-state index in [4.69, 9.17) is 4.74 Å². The Morgan fingerprint density at radius 3 is 2.72 bits per heavy atom. The average Bonchev–Trinajstić information content (AvgIpc) is 3.39. The molecular weight excluding hydrogens is 432 g/mol. The van der Waals surface area contributed by atoms with Crippen molar-refractivity contribution in [1.29, 1.82) is 0 Å². The predicted molar refractivity (Wildman–Crippen MR) is 120 cm³/mol. The van der Waals surface area contributed by atoms with Gasteiger partial charge in [0.05, 0.1) is 24.3 Å². The van der Waals surface area contributed by atoms with Gasteiger partial charge in [-0.2, -0.15) is 9.61 Å². The molecule has 0 aliphatic carbocycles. The Morgan fingerprint density at radius 1 is 1.22 bits per heavy atom. The number of benzene rings is 1. The molecule has 3 N–H and O–H groups in total. The lowest BCUT2D eigenvalue weighted by atomic mass is 10.1. The van der Waals surface area contributed by atoms with E-state index >= 15 is 0 Å². The molecule has 10 nitrogen and oxygen atoms in total. The van der Waals surface area contributed by atoms with Crippen LogP contribution in [0.5, 0.6) is 5.88 Å². The van der Waals surface area contributed by atoms with Crippen LogP contribution in [0.2, 0.25) is 0 Å². The molecule has 11 heteroatoms. The van der Waals surface area contributed by atoms with Crippen LogP contribution in [0.3, 0.4) is 0 Å². The number of ether oxygens (including phenoxy) is 1. The number of nitrogens with one attached hydrogen (secondary N) is 2. The van der Waals surface area contributed by atoms with Gasteiger partial charge in [-0.3, -0.25) is 14.6 Å². The molecule has 4 aromatic rings. The molecule has 0 bridgehead atoms. The Hall–Kier alpha value is -3.70. The third kappa shape index (κ3) is 4.07. The van der Waals surface area contributed by atoms with Crippen LogP contribution >= 0.6 is 11.3 Å². The number of thiazole rings is 1. The number of aromatic hydroxyl groups is 1. The molecule has 1 fully saturated rings. The van der Waals surface area contributed by atoms with Gasteiger partial charge < -0.3 is 20.1 Å². The summed E-state index contributed by atoms with van der Waals surface area (Å²) in [7, 11) is 0. The molecule has 0 spiro atoms. The molecule has 3 aromatic heterocycles. The lowest BCUT2D eigenvalue weighted by Crippen LogP contribution is -2.37. The first kappa shape index (κ1) is 20.2. The number of carbonyl (C=O) groups excluding carboxylic acids is 1. The second-order valence-electron chi connectivity index (χ2n) is 7.31. The lowest BCUT2D eigenvalue weighted by Gasteiger charge is -2.29. The number of hydrogen-bond donors (Lipinski definition) is 3. The number of nitrogens with zero attached hydrogens (tertiary/aromatic N) is 4. The van der Waals surface area contributed by atoms with Gasteiger partial charge in [-0.15, -0.1) is 0 Å². The zero-order chi connectivity index (χ0) is 22.1. The van der Waals surface area contributed by atoms with Crippen LogP contribution in [0, 0.1) is 0 Å². The van der Waals surface area contributed by atoms with Crippen LogP contribution in [0.4, 0.5) is 11.6 Å². The van der Waals surface area contributed by atoms with Crippen LogP contribution in [-0.2, 0) is 11.2 Å². The number of fused-ring (bicyclic) bond motifs is 1. The molecule has 32 heavy (non-hydrogen) atoms. The minimum atomic E-state index is -0.299. The summed E-state index contributed by atoms with van der Waals surface area (Å²) in [6.45, 7) is 2.74. The highest BCUT2D eigenvalue weighted by Gasteiger charge is 2.18. The largest absolute Gasteiger partial charge is 0.494 e. The molecule has 0 unspecified atom stereocenters. The molecule has 1 aliphatic rings. The van der Waals surface area contributed by atoms with Crippen molar-refractivity contribution < 1.29 is 14.6 Å². The van der Waals surface area contributed by atoms with Crippen molar-refractivity contribution >= 4 is 34.5 Å². The van der Waals surface area contributed by atoms with Crippen LogP contribution in [0.15, 0.2) is 47.4 Å².